The summed E-state index contributed by atoms with van der Waals surface area (Å²) in [6, 6.07) is 24.3. The summed E-state index contributed by atoms with van der Waals surface area (Å²) < 4.78 is 37.8. The normalized spacial score (nSPS) is 16.0. The molecule has 0 saturated carbocycles. The summed E-state index contributed by atoms with van der Waals surface area (Å²) in [4.78, 5) is 40.0. The van der Waals surface area contributed by atoms with Crippen molar-refractivity contribution < 1.29 is 28.2 Å². The van der Waals surface area contributed by atoms with Crippen LogP contribution in [0.1, 0.15) is 37.5 Å². The van der Waals surface area contributed by atoms with E-state index in [4.69, 9.17) is 16.3 Å². The van der Waals surface area contributed by atoms with Crippen LogP contribution in [0.3, 0.4) is 0 Å². The Hall–Kier alpha value is -5.56. The van der Waals surface area contributed by atoms with Gasteiger partial charge < -0.3 is 23.9 Å². The van der Waals surface area contributed by atoms with Gasteiger partial charge in [0.1, 0.15) is 11.4 Å². The Balaban J connectivity index is 1.23. The molecule has 2 aliphatic heterocycles. The number of halogens is 3. The highest BCUT2D eigenvalue weighted by Gasteiger charge is 2.34. The Morgan fingerprint density at radius 3 is 2.46 bits per heavy atom. The maximum Gasteiger partial charge on any atom is 0.264 e. The van der Waals surface area contributed by atoms with Crippen molar-refractivity contribution in [2.45, 2.75) is 38.9 Å². The molecule has 0 bridgehead atoms. The Bertz CT molecular complexity index is 2420. The third-order valence-corrected chi connectivity index (χ3v) is 11.1. The molecule has 1 N–H and O–H groups in total. The summed E-state index contributed by atoms with van der Waals surface area (Å²) in [6.07, 6.45) is 1.35. The predicted molar refractivity (Wildman–Crippen MR) is 212 cm³/mol. The van der Waals surface area contributed by atoms with Crippen molar-refractivity contribution in [2.75, 3.05) is 37.7 Å². The summed E-state index contributed by atoms with van der Waals surface area (Å²) in [5.41, 5.74) is 5.18. The van der Waals surface area contributed by atoms with E-state index in [1.165, 1.54) is 27.2 Å². The van der Waals surface area contributed by atoms with Gasteiger partial charge >= 0.3 is 0 Å². The van der Waals surface area contributed by atoms with Crippen LogP contribution in [0.4, 0.5) is 20.2 Å². The monoisotopic (exact) mass is 778 g/mol. The van der Waals surface area contributed by atoms with Gasteiger partial charge in [0.15, 0.2) is 0 Å². The van der Waals surface area contributed by atoms with E-state index in [0.29, 0.717) is 65.9 Å². The summed E-state index contributed by atoms with van der Waals surface area (Å²) in [6.45, 7) is 4.72. The van der Waals surface area contributed by atoms with Crippen LogP contribution in [0.2, 0.25) is 5.02 Å². The number of aromatic nitrogens is 3. The van der Waals surface area contributed by atoms with E-state index in [1.54, 1.807) is 49.5 Å². The minimum absolute atomic E-state index is 0.0156. The fourth-order valence-corrected chi connectivity index (χ4v) is 8.14. The van der Waals surface area contributed by atoms with Gasteiger partial charge in [-0.2, -0.15) is 0 Å². The maximum atomic E-state index is 14.9. The second-order valence-corrected chi connectivity index (χ2v) is 14.8. The van der Waals surface area contributed by atoms with Gasteiger partial charge in [-0.25, -0.2) is 13.8 Å². The van der Waals surface area contributed by atoms with E-state index in [1.807, 2.05) is 53.0 Å². The number of fused-ring (bicyclic) bond motifs is 2. The first-order valence-electron chi connectivity index (χ1n) is 18.6. The molecule has 0 spiro atoms. The lowest BCUT2D eigenvalue weighted by molar-refractivity contribution is 0.0193. The van der Waals surface area contributed by atoms with E-state index in [9.17, 15) is 23.5 Å². The largest absolute Gasteiger partial charge is 0.508 e. The topological polar surface area (TPSA) is 96.1 Å². The zero-order valence-corrected chi connectivity index (χ0v) is 31.8. The number of hydrogen-bond acceptors (Lipinski definition) is 6. The number of phenolic OH excluding ortho intramolecular Hbond substituents is 1. The van der Waals surface area contributed by atoms with Gasteiger partial charge in [0.2, 0.25) is 0 Å². The van der Waals surface area contributed by atoms with Gasteiger partial charge in [-0.1, -0.05) is 35.9 Å². The van der Waals surface area contributed by atoms with Gasteiger partial charge in [-0.05, 0) is 85.1 Å². The molecule has 1 atom stereocenters. The number of morpholine rings is 1. The second-order valence-electron chi connectivity index (χ2n) is 14.4. The van der Waals surface area contributed by atoms with Crippen molar-refractivity contribution in [3.8, 4) is 17.0 Å². The van der Waals surface area contributed by atoms with Crippen LogP contribution in [0.25, 0.3) is 22.3 Å². The fourth-order valence-electron chi connectivity index (χ4n) is 7.97. The van der Waals surface area contributed by atoms with Crippen LogP contribution < -0.4 is 4.90 Å². The minimum Gasteiger partial charge on any atom is -0.508 e. The highest BCUT2D eigenvalue weighted by atomic mass is 35.5. The van der Waals surface area contributed by atoms with E-state index < -0.39 is 18.9 Å². The summed E-state index contributed by atoms with van der Waals surface area (Å²) in [7, 11) is 1.87. The summed E-state index contributed by atoms with van der Waals surface area (Å²) in [5.74, 6) is -0.748. The standard InChI is InChI=1S/C43H41ClF2N6O4/c1-27-37(43(55)52(32-8-10-35(53)11-9-32)33-20-29-13-14-48(2)41(29)47-23-33)22-39(50(27)26-40(45)46)38-21-31(44)7-12-36(38)42(54)51-24-30-6-4-3-5-28(30)19-34(51)25-49-15-17-56-18-16-49/h3-14,20-23,34,40,53H,15-19,24-26H2,1-2H3/t34-/m0/s1. The van der Waals surface area contributed by atoms with E-state index >= 15 is 0 Å². The lowest BCUT2D eigenvalue weighted by atomic mass is 9.92. The Morgan fingerprint density at radius 1 is 0.964 bits per heavy atom. The van der Waals surface area contributed by atoms with Crippen LogP contribution in [-0.2, 0) is 31.3 Å². The van der Waals surface area contributed by atoms with Crippen molar-refractivity contribution in [1.29, 1.82) is 0 Å². The van der Waals surface area contributed by atoms with Crippen LogP contribution in [-0.4, -0.2) is 86.2 Å². The van der Waals surface area contributed by atoms with Crippen LogP contribution in [0.5, 0.6) is 5.75 Å². The number of aryl methyl sites for hydroxylation is 1. The van der Waals surface area contributed by atoms with Gasteiger partial charge in [0, 0.05) is 78.4 Å². The average Bonchev–Trinajstić information content (AvgIpc) is 3.73. The number of rotatable bonds is 9. The Kier molecular flexibility index (Phi) is 10.4. The average molecular weight is 779 g/mol. The predicted octanol–water partition coefficient (Wildman–Crippen LogP) is 7.85. The number of aromatic hydroxyl groups is 1. The molecule has 288 valence electrons. The molecule has 0 aliphatic carbocycles. The number of pyridine rings is 1. The number of carbonyl (C=O) groups is 2. The zero-order chi connectivity index (χ0) is 39.1. The molecular formula is C43H41ClF2N6O4. The fraction of sp³-hybridized carbons (Fsp3) is 0.279. The number of anilines is 2. The van der Waals surface area contributed by atoms with Gasteiger partial charge in [0.05, 0.1) is 42.9 Å². The first kappa shape index (κ1) is 37.4. The number of hydrogen-bond donors (Lipinski definition) is 1. The third kappa shape index (κ3) is 7.27. The number of ether oxygens (including phenoxy) is 1. The van der Waals surface area contributed by atoms with Crippen molar-refractivity contribution in [2.24, 2.45) is 7.05 Å². The zero-order valence-electron chi connectivity index (χ0n) is 31.0. The lowest BCUT2D eigenvalue weighted by Crippen LogP contribution is -2.52. The molecule has 13 heteroatoms. The molecule has 3 aromatic carbocycles. The van der Waals surface area contributed by atoms with E-state index in [-0.39, 0.29) is 29.0 Å². The van der Waals surface area contributed by atoms with E-state index in [0.717, 1.165) is 29.7 Å². The smallest absolute Gasteiger partial charge is 0.264 e. The molecule has 0 radical (unpaired) electrons. The SMILES string of the molecule is Cc1c(C(=O)N(c2ccc(O)cc2)c2cnc3c(ccn3C)c2)cc(-c2cc(Cl)ccc2C(=O)N2Cc3ccccc3C[C@H]2CN2CCOCC2)n1CC(F)F. The molecule has 1 fully saturated rings. The summed E-state index contributed by atoms with van der Waals surface area (Å²) >= 11 is 6.62. The molecule has 2 amide bonds. The molecule has 8 rings (SSSR count). The van der Waals surface area contributed by atoms with Crippen LogP contribution >= 0.6 is 11.6 Å². The molecule has 1 saturated heterocycles. The number of phenols is 1. The van der Waals surface area contributed by atoms with Crippen molar-refractivity contribution in [3.05, 3.63) is 130 Å². The lowest BCUT2D eigenvalue weighted by Gasteiger charge is -2.40. The van der Waals surface area contributed by atoms with Gasteiger partial charge in [-0.3, -0.25) is 19.4 Å². The highest BCUT2D eigenvalue weighted by Crippen LogP contribution is 2.37. The number of alkyl halides is 2. The molecule has 10 nitrogen and oxygen atoms in total. The quantitative estimate of drug-likeness (QED) is 0.161. The van der Waals surface area contributed by atoms with Crippen LogP contribution in [0, 0.1) is 6.92 Å². The van der Waals surface area contributed by atoms with E-state index in [2.05, 4.69) is 16.0 Å². The first-order chi connectivity index (χ1) is 27.0. The highest BCUT2D eigenvalue weighted by molar-refractivity contribution is 6.31. The molecule has 6 aromatic rings. The van der Waals surface area contributed by atoms with Crippen LogP contribution in [0.15, 0.2) is 97.3 Å². The molecule has 0 unspecified atom stereocenters. The number of nitrogens with zero attached hydrogens (tertiary/aromatic N) is 6. The minimum atomic E-state index is -2.77. The number of amides is 2. The van der Waals surface area contributed by atoms with Crippen molar-refractivity contribution >= 4 is 45.8 Å². The maximum absolute atomic E-state index is 14.9. The Morgan fingerprint density at radius 2 is 1.71 bits per heavy atom. The molecule has 2 aliphatic rings. The van der Waals surface area contributed by atoms with Crippen molar-refractivity contribution in [3.63, 3.8) is 0 Å². The number of carbonyl (C=O) groups excluding carboxylic acids is 2. The van der Waals surface area contributed by atoms with Gasteiger partial charge in [-0.15, -0.1) is 0 Å². The Labute approximate surface area is 328 Å². The molecular weight excluding hydrogens is 738 g/mol. The molecule has 56 heavy (non-hydrogen) atoms. The number of benzene rings is 3. The first-order valence-corrected chi connectivity index (χ1v) is 18.9. The van der Waals surface area contributed by atoms with Crippen molar-refractivity contribution in [1.82, 2.24) is 23.9 Å². The molecule has 3 aromatic heterocycles. The molecule has 5 heterocycles. The third-order valence-electron chi connectivity index (χ3n) is 10.9. The summed E-state index contributed by atoms with van der Waals surface area (Å²) in [5, 5.41) is 11.2. The second kappa shape index (κ2) is 15.5. The van der Waals surface area contributed by atoms with Gasteiger partial charge in [0.25, 0.3) is 18.2 Å².